The van der Waals surface area contributed by atoms with Crippen LogP contribution in [0.2, 0.25) is 0 Å². The fraction of sp³-hybridized carbons (Fsp3) is 0.355. The first-order valence-corrected chi connectivity index (χ1v) is 13.8. The van der Waals surface area contributed by atoms with Gasteiger partial charge in [-0.1, -0.05) is 12.1 Å². The second-order valence-corrected chi connectivity index (χ2v) is 9.89. The van der Waals surface area contributed by atoms with Crippen LogP contribution in [0.25, 0.3) is 22.0 Å². The van der Waals surface area contributed by atoms with Crippen LogP contribution in [0.15, 0.2) is 67.0 Å². The average Bonchev–Trinajstić information content (AvgIpc) is 3.02. The van der Waals surface area contributed by atoms with E-state index in [0.717, 1.165) is 98.4 Å². The molecule has 0 aliphatic carbocycles. The molecule has 4 aromatic rings. The van der Waals surface area contributed by atoms with Gasteiger partial charge in [-0.2, -0.15) is 0 Å². The molecule has 2 fully saturated rings. The fourth-order valence-electron chi connectivity index (χ4n) is 5.13. The molecule has 2 aliphatic heterocycles. The van der Waals surface area contributed by atoms with Gasteiger partial charge in [-0.15, -0.1) is 0 Å². The molecule has 0 amide bonds. The summed E-state index contributed by atoms with van der Waals surface area (Å²) in [5.74, 6) is 2.22. The van der Waals surface area contributed by atoms with Crippen molar-refractivity contribution in [3.8, 4) is 22.6 Å². The Morgan fingerprint density at radius 3 is 2.30 bits per heavy atom. The number of anilines is 3. The first-order chi connectivity index (χ1) is 19.8. The van der Waals surface area contributed by atoms with Gasteiger partial charge in [0.1, 0.15) is 18.8 Å². The van der Waals surface area contributed by atoms with Crippen molar-refractivity contribution in [2.75, 3.05) is 83.1 Å². The zero-order chi connectivity index (χ0) is 27.1. The summed E-state index contributed by atoms with van der Waals surface area (Å²) in [5, 5.41) is 4.43. The lowest BCUT2D eigenvalue weighted by molar-refractivity contribution is 0.0321. The van der Waals surface area contributed by atoms with Crippen molar-refractivity contribution in [3.05, 3.63) is 67.0 Å². The van der Waals surface area contributed by atoms with Gasteiger partial charge >= 0.3 is 0 Å². The van der Waals surface area contributed by atoms with E-state index in [1.165, 1.54) is 5.69 Å². The molecule has 0 atom stereocenters. The lowest BCUT2D eigenvalue weighted by Gasteiger charge is -2.28. The Kier molecular flexibility index (Phi) is 8.23. The van der Waals surface area contributed by atoms with E-state index in [4.69, 9.17) is 18.9 Å². The molecule has 9 heteroatoms. The van der Waals surface area contributed by atoms with Crippen LogP contribution in [0.4, 0.5) is 17.2 Å². The van der Waals surface area contributed by atoms with Crippen molar-refractivity contribution in [1.82, 2.24) is 14.9 Å². The number of ether oxygens (including phenoxy) is 4. The normalized spacial score (nSPS) is 16.2. The van der Waals surface area contributed by atoms with Crippen molar-refractivity contribution in [3.63, 3.8) is 0 Å². The van der Waals surface area contributed by atoms with Gasteiger partial charge < -0.3 is 29.2 Å². The second kappa shape index (κ2) is 12.5. The number of nitrogens with one attached hydrogen (secondary N) is 1. The van der Waals surface area contributed by atoms with Gasteiger partial charge in [0, 0.05) is 49.5 Å². The highest BCUT2D eigenvalue weighted by Gasteiger charge is 2.14. The number of benzene rings is 3. The van der Waals surface area contributed by atoms with E-state index in [9.17, 15) is 0 Å². The summed E-state index contributed by atoms with van der Waals surface area (Å²) >= 11 is 0. The first kappa shape index (κ1) is 26.3. The van der Waals surface area contributed by atoms with Crippen LogP contribution in [0.5, 0.6) is 11.5 Å². The van der Waals surface area contributed by atoms with Gasteiger partial charge in [0.05, 0.1) is 39.1 Å². The van der Waals surface area contributed by atoms with Crippen LogP contribution < -0.4 is 19.7 Å². The van der Waals surface area contributed by atoms with E-state index in [1.807, 2.05) is 18.2 Å². The van der Waals surface area contributed by atoms with Crippen LogP contribution in [0, 0.1) is 0 Å². The smallest absolute Gasteiger partial charge is 0.161 e. The highest BCUT2D eigenvalue weighted by Crippen LogP contribution is 2.35. The van der Waals surface area contributed by atoms with Crippen LogP contribution in [0.1, 0.15) is 0 Å². The van der Waals surface area contributed by atoms with Crippen molar-refractivity contribution in [1.29, 1.82) is 0 Å². The van der Waals surface area contributed by atoms with E-state index in [0.29, 0.717) is 12.4 Å². The third kappa shape index (κ3) is 6.12. The number of methoxy groups -OCH3 is 1. The Morgan fingerprint density at radius 2 is 1.52 bits per heavy atom. The SMILES string of the molecule is COc1cc(-c2ccc3ncnc(Nc4ccc(N5CCOCC5)cc4)c3c2)ccc1OCCN1CCOCC1. The molecule has 0 saturated carbocycles. The second-order valence-electron chi connectivity index (χ2n) is 9.89. The van der Waals surface area contributed by atoms with Crippen molar-refractivity contribution >= 4 is 28.1 Å². The number of fused-ring (bicyclic) bond motifs is 1. The minimum absolute atomic E-state index is 0.603. The fourth-order valence-corrected chi connectivity index (χ4v) is 5.13. The van der Waals surface area contributed by atoms with Gasteiger partial charge in [0.2, 0.25) is 0 Å². The largest absolute Gasteiger partial charge is 0.493 e. The molecule has 208 valence electrons. The predicted octanol–water partition coefficient (Wildman–Crippen LogP) is 4.60. The summed E-state index contributed by atoms with van der Waals surface area (Å²) in [5.41, 5.74) is 5.13. The Bertz CT molecular complexity index is 1420. The molecule has 1 aromatic heterocycles. The number of hydrogen-bond acceptors (Lipinski definition) is 9. The molecule has 2 saturated heterocycles. The topological polar surface area (TPSA) is 81.2 Å². The van der Waals surface area contributed by atoms with Gasteiger partial charge in [-0.05, 0) is 59.7 Å². The van der Waals surface area contributed by atoms with Crippen LogP contribution in [-0.2, 0) is 9.47 Å². The summed E-state index contributed by atoms with van der Waals surface area (Å²) < 4.78 is 22.7. The minimum atomic E-state index is 0.603. The molecule has 1 N–H and O–H groups in total. The lowest BCUT2D eigenvalue weighted by Crippen LogP contribution is -2.38. The zero-order valence-electron chi connectivity index (χ0n) is 22.8. The monoisotopic (exact) mass is 541 g/mol. The third-order valence-electron chi connectivity index (χ3n) is 7.41. The number of morpholine rings is 2. The Labute approximate surface area is 234 Å². The zero-order valence-corrected chi connectivity index (χ0v) is 22.8. The van der Waals surface area contributed by atoms with Crippen molar-refractivity contribution in [2.45, 2.75) is 0 Å². The van der Waals surface area contributed by atoms with Gasteiger partial charge in [-0.25, -0.2) is 9.97 Å². The average molecular weight is 542 g/mol. The summed E-state index contributed by atoms with van der Waals surface area (Å²) in [4.78, 5) is 13.7. The number of aromatic nitrogens is 2. The Balaban J connectivity index is 1.18. The summed E-state index contributed by atoms with van der Waals surface area (Å²) in [7, 11) is 1.68. The molecule has 6 rings (SSSR count). The molecule has 40 heavy (non-hydrogen) atoms. The maximum Gasteiger partial charge on any atom is 0.161 e. The minimum Gasteiger partial charge on any atom is -0.493 e. The third-order valence-corrected chi connectivity index (χ3v) is 7.41. The molecule has 0 spiro atoms. The highest BCUT2D eigenvalue weighted by atomic mass is 16.5. The van der Waals surface area contributed by atoms with Crippen LogP contribution in [0.3, 0.4) is 0 Å². The Hall–Kier alpha value is -3.92. The van der Waals surface area contributed by atoms with E-state index in [2.05, 4.69) is 67.5 Å². The summed E-state index contributed by atoms with van der Waals surface area (Å²) in [6.07, 6.45) is 1.60. The molecule has 0 bridgehead atoms. The first-order valence-electron chi connectivity index (χ1n) is 13.8. The highest BCUT2D eigenvalue weighted by molar-refractivity contribution is 5.94. The van der Waals surface area contributed by atoms with Gasteiger partial charge in [-0.3, -0.25) is 4.90 Å². The van der Waals surface area contributed by atoms with Gasteiger partial charge in [0.15, 0.2) is 11.5 Å². The molecule has 0 unspecified atom stereocenters. The molecule has 3 aromatic carbocycles. The van der Waals surface area contributed by atoms with E-state index < -0.39 is 0 Å². The maximum absolute atomic E-state index is 6.08. The van der Waals surface area contributed by atoms with Gasteiger partial charge in [0.25, 0.3) is 0 Å². The summed E-state index contributed by atoms with van der Waals surface area (Å²) in [6, 6.07) is 20.7. The molecule has 2 aliphatic rings. The standard InChI is InChI=1S/C31H35N5O4/c1-37-30-21-24(3-9-29(30)40-19-12-35-10-15-38-16-11-35)23-2-8-28-27(20-23)31(33-22-32-28)34-25-4-6-26(7-5-25)36-13-17-39-18-14-36/h2-9,20-22H,10-19H2,1H3,(H,32,33,34). The number of nitrogens with zero attached hydrogens (tertiary/aromatic N) is 4. The Morgan fingerprint density at radius 1 is 0.800 bits per heavy atom. The van der Waals surface area contributed by atoms with E-state index in [-0.39, 0.29) is 0 Å². The summed E-state index contributed by atoms with van der Waals surface area (Å²) in [6.45, 7) is 8.30. The quantitative estimate of drug-likeness (QED) is 0.327. The van der Waals surface area contributed by atoms with Crippen molar-refractivity contribution < 1.29 is 18.9 Å². The van der Waals surface area contributed by atoms with Crippen LogP contribution in [-0.4, -0.2) is 87.7 Å². The predicted molar refractivity (Wildman–Crippen MR) is 157 cm³/mol. The van der Waals surface area contributed by atoms with E-state index >= 15 is 0 Å². The lowest BCUT2D eigenvalue weighted by atomic mass is 10.0. The van der Waals surface area contributed by atoms with Crippen LogP contribution >= 0.6 is 0 Å². The number of rotatable bonds is 9. The number of hydrogen-bond donors (Lipinski definition) is 1. The van der Waals surface area contributed by atoms with Crippen molar-refractivity contribution in [2.24, 2.45) is 0 Å². The molecule has 0 radical (unpaired) electrons. The molecule has 9 nitrogen and oxygen atoms in total. The molecule has 3 heterocycles. The molecular formula is C31H35N5O4. The maximum atomic E-state index is 6.08. The molecular weight excluding hydrogens is 506 g/mol. The van der Waals surface area contributed by atoms with E-state index in [1.54, 1.807) is 13.4 Å².